The highest BCUT2D eigenvalue weighted by atomic mass is 16.5. The van der Waals surface area contributed by atoms with Crippen molar-refractivity contribution in [1.82, 2.24) is 9.97 Å². The third-order valence-electron chi connectivity index (χ3n) is 2.27. The first-order chi connectivity index (χ1) is 7.53. The molecule has 0 unspecified atom stereocenters. The van der Waals surface area contributed by atoms with Crippen LogP contribution in [0.4, 0.5) is 5.82 Å². The molecule has 6 heteroatoms. The van der Waals surface area contributed by atoms with Crippen molar-refractivity contribution in [2.24, 2.45) is 5.84 Å². The highest BCUT2D eigenvalue weighted by molar-refractivity contribution is 5.35. The summed E-state index contributed by atoms with van der Waals surface area (Å²) in [6, 6.07) is 1.73. The summed E-state index contributed by atoms with van der Waals surface area (Å²) in [7, 11) is 3.22. The maximum Gasteiger partial charge on any atom is 0.162 e. The molecule has 3 N–H and O–H groups in total. The normalized spacial score (nSPS) is 11.6. The van der Waals surface area contributed by atoms with Crippen LogP contribution in [0.3, 0.4) is 0 Å². The third-order valence-corrected chi connectivity index (χ3v) is 2.27. The van der Waals surface area contributed by atoms with E-state index in [0.29, 0.717) is 18.2 Å². The molecule has 90 valence electrons. The van der Waals surface area contributed by atoms with Gasteiger partial charge in [0.25, 0.3) is 0 Å². The van der Waals surface area contributed by atoms with Crippen molar-refractivity contribution in [2.45, 2.75) is 26.1 Å². The molecule has 0 saturated carbocycles. The summed E-state index contributed by atoms with van der Waals surface area (Å²) >= 11 is 0. The molecular formula is C10H18N4O2. The van der Waals surface area contributed by atoms with Crippen molar-refractivity contribution in [3.63, 3.8) is 0 Å². The van der Waals surface area contributed by atoms with Crippen molar-refractivity contribution in [1.29, 1.82) is 0 Å². The summed E-state index contributed by atoms with van der Waals surface area (Å²) in [6.07, 6.45) is 0. The molecule has 1 rings (SSSR count). The van der Waals surface area contributed by atoms with Gasteiger partial charge in [0.1, 0.15) is 11.4 Å². The Balaban J connectivity index is 3.13. The minimum Gasteiger partial charge on any atom is -0.378 e. The van der Waals surface area contributed by atoms with E-state index >= 15 is 0 Å². The Hall–Kier alpha value is -1.24. The second-order valence-corrected chi connectivity index (χ2v) is 3.86. The maximum absolute atomic E-state index is 5.35. The van der Waals surface area contributed by atoms with Crippen LogP contribution in [0.2, 0.25) is 0 Å². The van der Waals surface area contributed by atoms with Crippen LogP contribution in [0, 0.1) is 0 Å². The second kappa shape index (κ2) is 5.20. The number of methoxy groups -OCH3 is 2. The molecule has 0 atom stereocenters. The first-order valence-electron chi connectivity index (χ1n) is 4.92. The second-order valence-electron chi connectivity index (χ2n) is 3.86. The SMILES string of the molecule is COCc1cc(NN)nc(C(C)(C)OC)n1. The average molecular weight is 226 g/mol. The van der Waals surface area contributed by atoms with Gasteiger partial charge in [0, 0.05) is 20.3 Å². The van der Waals surface area contributed by atoms with Crippen molar-refractivity contribution in [3.05, 3.63) is 17.6 Å². The van der Waals surface area contributed by atoms with Gasteiger partial charge in [-0.1, -0.05) is 0 Å². The molecule has 0 aliphatic heterocycles. The van der Waals surface area contributed by atoms with Gasteiger partial charge in [-0.25, -0.2) is 15.8 Å². The van der Waals surface area contributed by atoms with Gasteiger partial charge in [-0.3, -0.25) is 0 Å². The molecular weight excluding hydrogens is 208 g/mol. The van der Waals surface area contributed by atoms with Gasteiger partial charge >= 0.3 is 0 Å². The standard InChI is InChI=1S/C10H18N4O2/c1-10(2,16-4)9-12-7(6-15-3)5-8(13-9)14-11/h5H,6,11H2,1-4H3,(H,12,13,14). The lowest BCUT2D eigenvalue weighted by molar-refractivity contribution is 0.0111. The van der Waals surface area contributed by atoms with Gasteiger partial charge in [0.05, 0.1) is 12.3 Å². The Morgan fingerprint density at radius 1 is 1.38 bits per heavy atom. The molecule has 0 bridgehead atoms. The number of nitrogens with two attached hydrogens (primary N) is 1. The fraction of sp³-hybridized carbons (Fsp3) is 0.600. The average Bonchev–Trinajstić information content (AvgIpc) is 2.29. The molecule has 6 nitrogen and oxygen atoms in total. The zero-order valence-electron chi connectivity index (χ0n) is 10.1. The Bertz CT molecular complexity index is 355. The van der Waals surface area contributed by atoms with Crippen LogP contribution in [0.1, 0.15) is 25.4 Å². The van der Waals surface area contributed by atoms with E-state index in [9.17, 15) is 0 Å². The van der Waals surface area contributed by atoms with Crippen LogP contribution in [0.5, 0.6) is 0 Å². The van der Waals surface area contributed by atoms with Gasteiger partial charge < -0.3 is 14.9 Å². The van der Waals surface area contributed by atoms with Crippen LogP contribution in [-0.2, 0) is 21.7 Å². The maximum atomic E-state index is 5.35. The Morgan fingerprint density at radius 2 is 2.06 bits per heavy atom. The van der Waals surface area contributed by atoms with E-state index in [4.69, 9.17) is 15.3 Å². The van der Waals surface area contributed by atoms with E-state index < -0.39 is 5.60 Å². The minimum absolute atomic E-state index is 0.407. The van der Waals surface area contributed by atoms with E-state index in [1.165, 1.54) is 0 Å². The van der Waals surface area contributed by atoms with Crippen LogP contribution in [0.15, 0.2) is 6.07 Å². The van der Waals surface area contributed by atoms with Gasteiger partial charge in [-0.05, 0) is 13.8 Å². The zero-order chi connectivity index (χ0) is 12.2. The number of rotatable bonds is 5. The lowest BCUT2D eigenvalue weighted by Crippen LogP contribution is -2.25. The molecule has 0 radical (unpaired) electrons. The summed E-state index contributed by atoms with van der Waals surface area (Å²) in [5.74, 6) is 6.46. The number of hydrazine groups is 1. The lowest BCUT2D eigenvalue weighted by atomic mass is 10.1. The molecule has 1 heterocycles. The van der Waals surface area contributed by atoms with Crippen molar-refractivity contribution < 1.29 is 9.47 Å². The molecule has 16 heavy (non-hydrogen) atoms. The number of nitrogens with one attached hydrogen (secondary N) is 1. The molecule has 0 aromatic carbocycles. The summed E-state index contributed by atoms with van der Waals surface area (Å²) < 4.78 is 10.4. The largest absolute Gasteiger partial charge is 0.378 e. The minimum atomic E-state index is -0.560. The lowest BCUT2D eigenvalue weighted by Gasteiger charge is -2.22. The summed E-state index contributed by atoms with van der Waals surface area (Å²) in [5, 5.41) is 0. The molecule has 1 aromatic heterocycles. The van der Waals surface area contributed by atoms with E-state index in [1.54, 1.807) is 20.3 Å². The van der Waals surface area contributed by atoms with E-state index in [-0.39, 0.29) is 0 Å². The number of aromatic nitrogens is 2. The van der Waals surface area contributed by atoms with Crippen molar-refractivity contribution >= 4 is 5.82 Å². The highest BCUT2D eigenvalue weighted by Crippen LogP contribution is 2.21. The fourth-order valence-electron chi connectivity index (χ4n) is 1.15. The summed E-state index contributed by atoms with van der Waals surface area (Å²) in [5.41, 5.74) is 2.70. The van der Waals surface area contributed by atoms with Crippen LogP contribution >= 0.6 is 0 Å². The summed E-state index contributed by atoms with van der Waals surface area (Å²) in [4.78, 5) is 8.61. The van der Waals surface area contributed by atoms with E-state index in [2.05, 4.69) is 15.4 Å². The first-order valence-corrected chi connectivity index (χ1v) is 4.92. The van der Waals surface area contributed by atoms with E-state index in [0.717, 1.165) is 5.69 Å². The zero-order valence-corrected chi connectivity index (χ0v) is 10.1. The molecule has 1 aromatic rings. The molecule has 0 aliphatic rings. The van der Waals surface area contributed by atoms with Crippen molar-refractivity contribution in [3.8, 4) is 0 Å². The fourth-order valence-corrected chi connectivity index (χ4v) is 1.15. The molecule has 0 saturated heterocycles. The predicted octanol–water partition coefficient (Wildman–Crippen LogP) is 0.790. The summed E-state index contributed by atoms with van der Waals surface area (Å²) in [6.45, 7) is 4.18. The van der Waals surface area contributed by atoms with Crippen molar-refractivity contribution in [2.75, 3.05) is 19.6 Å². The third kappa shape index (κ3) is 2.88. The smallest absolute Gasteiger partial charge is 0.162 e. The van der Waals surface area contributed by atoms with Gasteiger partial charge in [0.15, 0.2) is 5.82 Å². The molecule has 0 amide bonds. The number of hydrogen-bond donors (Lipinski definition) is 2. The number of nitrogen functional groups attached to an aromatic ring is 1. The Morgan fingerprint density at radius 3 is 2.56 bits per heavy atom. The quantitative estimate of drug-likeness (QED) is 0.570. The predicted molar refractivity (Wildman–Crippen MR) is 60.6 cm³/mol. The van der Waals surface area contributed by atoms with Gasteiger partial charge in [-0.2, -0.15) is 0 Å². The molecule has 0 fully saturated rings. The number of nitrogens with zero attached hydrogens (tertiary/aromatic N) is 2. The van der Waals surface area contributed by atoms with Crippen LogP contribution in [0.25, 0.3) is 0 Å². The first kappa shape index (κ1) is 12.8. The number of ether oxygens (including phenoxy) is 2. The van der Waals surface area contributed by atoms with Crippen LogP contribution < -0.4 is 11.3 Å². The molecule has 0 aliphatic carbocycles. The van der Waals surface area contributed by atoms with E-state index in [1.807, 2.05) is 13.8 Å². The van der Waals surface area contributed by atoms with Gasteiger partial charge in [-0.15, -0.1) is 0 Å². The Kier molecular flexibility index (Phi) is 4.17. The highest BCUT2D eigenvalue weighted by Gasteiger charge is 2.24. The number of anilines is 1. The number of hydrogen-bond acceptors (Lipinski definition) is 6. The Labute approximate surface area is 95.1 Å². The molecule has 0 spiro atoms. The monoisotopic (exact) mass is 226 g/mol. The van der Waals surface area contributed by atoms with Gasteiger partial charge in [0.2, 0.25) is 0 Å². The van der Waals surface area contributed by atoms with Crippen LogP contribution in [-0.4, -0.2) is 24.2 Å². The topological polar surface area (TPSA) is 82.3 Å².